The van der Waals surface area contributed by atoms with Crippen LogP contribution in [0.1, 0.15) is 5.76 Å². The van der Waals surface area contributed by atoms with Crippen molar-refractivity contribution in [3.63, 3.8) is 0 Å². The lowest BCUT2D eigenvalue weighted by Gasteiger charge is -2.17. The molecule has 0 saturated carbocycles. The lowest BCUT2D eigenvalue weighted by molar-refractivity contribution is -0.384. The Bertz CT molecular complexity index is 1220. The van der Waals surface area contributed by atoms with Gasteiger partial charge in [-0.25, -0.2) is 4.99 Å². The van der Waals surface area contributed by atoms with Crippen molar-refractivity contribution >= 4 is 29.2 Å². The second-order valence-corrected chi connectivity index (χ2v) is 6.18. The molecule has 2 aromatic rings. The monoisotopic (exact) mass is 384 g/mol. The lowest BCUT2D eigenvalue weighted by atomic mass is 9.96. The molecule has 8 heteroatoms. The number of amides is 1. The summed E-state index contributed by atoms with van der Waals surface area (Å²) in [5.41, 5.74) is 0.803. The Kier molecular flexibility index (Phi) is 4.55. The van der Waals surface area contributed by atoms with E-state index < -0.39 is 16.7 Å². The Morgan fingerprint density at radius 2 is 2.03 bits per heavy atom. The molecule has 1 amide bonds. The molecule has 1 aliphatic carbocycles. The van der Waals surface area contributed by atoms with Crippen LogP contribution in [-0.4, -0.2) is 22.4 Å². The van der Waals surface area contributed by atoms with Crippen LogP contribution in [0.2, 0.25) is 0 Å². The largest absolute Gasteiger partial charge is 0.456 e. The normalized spacial score (nSPS) is 18.0. The molecule has 1 atom stereocenters. The Balaban J connectivity index is 1.68. The van der Waals surface area contributed by atoms with Gasteiger partial charge in [-0.05, 0) is 24.3 Å². The fourth-order valence-corrected chi connectivity index (χ4v) is 2.99. The van der Waals surface area contributed by atoms with Gasteiger partial charge < -0.3 is 4.42 Å². The number of carbonyl (C=O) groups is 1. The molecule has 1 aromatic heterocycles. The number of nitrogens with zero attached hydrogens (tertiary/aromatic N) is 4. The van der Waals surface area contributed by atoms with E-state index in [0.717, 1.165) is 0 Å². The first-order chi connectivity index (χ1) is 14.1. The van der Waals surface area contributed by atoms with Crippen LogP contribution < -0.4 is 0 Å². The van der Waals surface area contributed by atoms with Crippen LogP contribution >= 0.6 is 0 Å². The first-order valence-electron chi connectivity index (χ1n) is 8.58. The molecule has 1 aromatic carbocycles. The minimum atomic E-state index is -0.530. The fourth-order valence-electron chi connectivity index (χ4n) is 2.99. The molecule has 29 heavy (non-hydrogen) atoms. The van der Waals surface area contributed by atoms with Gasteiger partial charge in [0.1, 0.15) is 29.1 Å². The van der Waals surface area contributed by atoms with Crippen molar-refractivity contribution in [3.8, 4) is 17.4 Å². The van der Waals surface area contributed by atoms with Crippen molar-refractivity contribution in [3.05, 3.63) is 82.1 Å². The van der Waals surface area contributed by atoms with Crippen LogP contribution in [-0.2, 0) is 4.79 Å². The van der Waals surface area contributed by atoms with Gasteiger partial charge in [0.15, 0.2) is 5.84 Å². The van der Waals surface area contributed by atoms with Crippen molar-refractivity contribution in [1.29, 1.82) is 5.26 Å². The van der Waals surface area contributed by atoms with Gasteiger partial charge in [0.25, 0.3) is 11.6 Å². The summed E-state index contributed by atoms with van der Waals surface area (Å²) in [7, 11) is 0. The number of nitriles is 1. The van der Waals surface area contributed by atoms with E-state index in [2.05, 4.69) is 9.98 Å². The van der Waals surface area contributed by atoms with E-state index in [-0.39, 0.29) is 28.6 Å². The number of carbonyl (C=O) groups excluding carboxylic acids is 1. The summed E-state index contributed by atoms with van der Waals surface area (Å²) in [4.78, 5) is 31.2. The minimum Gasteiger partial charge on any atom is -0.456 e. The van der Waals surface area contributed by atoms with Crippen LogP contribution in [0.5, 0.6) is 0 Å². The molecular weight excluding hydrogens is 372 g/mol. The zero-order valence-corrected chi connectivity index (χ0v) is 14.9. The predicted octanol–water partition coefficient (Wildman–Crippen LogP) is 3.88. The van der Waals surface area contributed by atoms with E-state index >= 15 is 0 Å². The summed E-state index contributed by atoms with van der Waals surface area (Å²) in [6.07, 6.45) is 8.30. The number of hydrogen-bond acceptors (Lipinski definition) is 6. The van der Waals surface area contributed by atoms with Crippen LogP contribution in [0.3, 0.4) is 0 Å². The van der Waals surface area contributed by atoms with E-state index in [1.54, 1.807) is 54.6 Å². The maximum atomic E-state index is 12.2. The first-order valence-corrected chi connectivity index (χ1v) is 8.58. The summed E-state index contributed by atoms with van der Waals surface area (Å²) >= 11 is 0. The molecule has 0 bridgehead atoms. The van der Waals surface area contributed by atoms with Crippen LogP contribution in [0.4, 0.5) is 5.69 Å². The van der Waals surface area contributed by atoms with Gasteiger partial charge in [0.2, 0.25) is 0 Å². The van der Waals surface area contributed by atoms with Gasteiger partial charge >= 0.3 is 0 Å². The lowest BCUT2D eigenvalue weighted by Crippen LogP contribution is -2.27. The van der Waals surface area contributed by atoms with Crippen LogP contribution in [0, 0.1) is 27.4 Å². The summed E-state index contributed by atoms with van der Waals surface area (Å²) in [5.74, 6) is -0.350. The molecule has 0 spiro atoms. The summed E-state index contributed by atoms with van der Waals surface area (Å²) in [5, 5.41) is 20.7. The van der Waals surface area contributed by atoms with Crippen molar-refractivity contribution < 1.29 is 14.1 Å². The van der Waals surface area contributed by atoms with Crippen molar-refractivity contribution in [1.82, 2.24) is 0 Å². The number of para-hydroxylation sites is 1. The molecule has 2 aliphatic rings. The molecule has 0 fully saturated rings. The Hall–Kier alpha value is -4.38. The molecule has 1 aliphatic heterocycles. The van der Waals surface area contributed by atoms with Gasteiger partial charge in [-0.15, -0.1) is 0 Å². The minimum absolute atomic E-state index is 0.00680. The topological polar surface area (TPSA) is 122 Å². The fraction of sp³-hybridized carbons (Fsp3) is 0.0476. The Morgan fingerprint density at radius 3 is 2.83 bits per heavy atom. The SMILES string of the molecule is N#C/C(=C\c1ccc(-c2ccccc2[N+](=O)[O-])o1)C1=NC(=O)C2C=CC=CC2=N1. The number of rotatable bonds is 4. The average Bonchev–Trinajstić information content (AvgIpc) is 3.20. The van der Waals surface area contributed by atoms with Crippen LogP contribution in [0.25, 0.3) is 17.4 Å². The zero-order chi connectivity index (χ0) is 20.4. The third-order valence-electron chi connectivity index (χ3n) is 4.36. The number of hydrogen-bond donors (Lipinski definition) is 0. The molecular formula is C21H12N4O4. The predicted molar refractivity (Wildman–Crippen MR) is 106 cm³/mol. The van der Waals surface area contributed by atoms with E-state index in [1.165, 1.54) is 12.1 Å². The van der Waals surface area contributed by atoms with Gasteiger partial charge in [0.05, 0.1) is 16.2 Å². The number of amidine groups is 1. The highest BCUT2D eigenvalue weighted by molar-refractivity contribution is 6.25. The quantitative estimate of drug-likeness (QED) is 0.450. The van der Waals surface area contributed by atoms with Gasteiger partial charge in [-0.3, -0.25) is 14.9 Å². The van der Waals surface area contributed by atoms with Crippen molar-refractivity contribution in [2.75, 3.05) is 0 Å². The number of nitro groups is 1. The number of fused-ring (bicyclic) bond motifs is 1. The Morgan fingerprint density at radius 1 is 1.21 bits per heavy atom. The van der Waals surface area contributed by atoms with E-state index in [4.69, 9.17) is 4.42 Å². The number of allylic oxidation sites excluding steroid dienone is 3. The van der Waals surface area contributed by atoms with Crippen LogP contribution in [0.15, 0.2) is 80.7 Å². The molecule has 140 valence electrons. The van der Waals surface area contributed by atoms with Gasteiger partial charge in [-0.1, -0.05) is 30.4 Å². The molecule has 0 radical (unpaired) electrons. The highest BCUT2D eigenvalue weighted by Gasteiger charge is 2.27. The summed E-state index contributed by atoms with van der Waals surface area (Å²) < 4.78 is 5.67. The molecule has 2 heterocycles. The third kappa shape index (κ3) is 3.44. The summed E-state index contributed by atoms with van der Waals surface area (Å²) in [6, 6.07) is 11.3. The van der Waals surface area contributed by atoms with Crippen molar-refractivity contribution in [2.45, 2.75) is 0 Å². The molecule has 4 rings (SSSR count). The van der Waals surface area contributed by atoms with E-state index in [0.29, 0.717) is 11.3 Å². The standard InChI is InChI=1S/C21H12N4O4/c22-12-13(20-23-17-7-3-1-5-15(17)21(26)24-20)11-14-9-10-19(29-14)16-6-2-4-8-18(16)25(27)28/h1-11,15H/b13-11+. The molecule has 0 N–H and O–H groups in total. The second-order valence-electron chi connectivity index (χ2n) is 6.18. The summed E-state index contributed by atoms with van der Waals surface area (Å²) in [6.45, 7) is 0. The smallest absolute Gasteiger partial charge is 0.280 e. The number of furan rings is 1. The van der Waals surface area contributed by atoms with Crippen molar-refractivity contribution in [2.24, 2.45) is 15.9 Å². The number of nitro benzene ring substituents is 1. The molecule has 8 nitrogen and oxygen atoms in total. The third-order valence-corrected chi connectivity index (χ3v) is 4.36. The highest BCUT2D eigenvalue weighted by Crippen LogP contribution is 2.31. The van der Waals surface area contributed by atoms with E-state index in [9.17, 15) is 20.2 Å². The number of benzene rings is 1. The highest BCUT2D eigenvalue weighted by atomic mass is 16.6. The number of aliphatic imine (C=N–C) groups is 2. The first kappa shape index (κ1) is 18.0. The Labute approximate surface area is 164 Å². The van der Waals surface area contributed by atoms with Gasteiger partial charge in [0, 0.05) is 12.1 Å². The average molecular weight is 384 g/mol. The zero-order valence-electron chi connectivity index (χ0n) is 14.9. The maximum Gasteiger partial charge on any atom is 0.280 e. The second kappa shape index (κ2) is 7.32. The molecule has 1 unspecified atom stereocenters. The van der Waals surface area contributed by atoms with E-state index in [1.807, 2.05) is 6.07 Å². The molecule has 0 saturated heterocycles. The van der Waals surface area contributed by atoms with Gasteiger partial charge in [-0.2, -0.15) is 10.3 Å². The maximum absolute atomic E-state index is 12.2.